The number of nitrogens with one attached hydrogen (secondary N) is 1. The number of anilines is 1. The highest BCUT2D eigenvalue weighted by atomic mass is 79.9. The molecule has 0 bridgehead atoms. The van der Waals surface area contributed by atoms with Crippen molar-refractivity contribution in [1.82, 2.24) is 4.98 Å². The van der Waals surface area contributed by atoms with Crippen LogP contribution in [0.5, 0.6) is 0 Å². The van der Waals surface area contributed by atoms with E-state index in [0.717, 1.165) is 15.6 Å². The van der Waals surface area contributed by atoms with Gasteiger partial charge in [-0.25, -0.2) is 13.4 Å². The molecule has 106 valence electrons. The van der Waals surface area contributed by atoms with Gasteiger partial charge in [-0.2, -0.15) is 0 Å². The summed E-state index contributed by atoms with van der Waals surface area (Å²) in [5.74, 6) is 0.300. The van der Waals surface area contributed by atoms with Gasteiger partial charge >= 0.3 is 0 Å². The molecule has 0 saturated heterocycles. The fraction of sp³-hybridized carbons (Fsp3) is 0.154. The van der Waals surface area contributed by atoms with Gasteiger partial charge in [0.15, 0.2) is 0 Å². The second-order valence-corrected chi connectivity index (χ2v) is 7.72. The van der Waals surface area contributed by atoms with Crippen molar-refractivity contribution in [1.29, 1.82) is 0 Å². The molecule has 7 heteroatoms. The normalized spacial score (nSPS) is 11.4. The van der Waals surface area contributed by atoms with Crippen molar-refractivity contribution < 1.29 is 8.42 Å². The van der Waals surface area contributed by atoms with Gasteiger partial charge in [-0.1, -0.05) is 15.9 Å². The fourth-order valence-electron chi connectivity index (χ4n) is 1.62. The second-order valence-electron chi connectivity index (χ2n) is 4.36. The summed E-state index contributed by atoms with van der Waals surface area (Å²) in [6.45, 7) is 3.76. The Morgan fingerprint density at radius 1 is 1.10 bits per heavy atom. The standard InChI is InChI=1S/C13H12Br2N2O2S/c1-8-3-4-16-13(5-8)17-20(18,19)12-7-10(14)9(2)6-11(12)15/h3-7H,1-2H3,(H,16,17). The minimum Gasteiger partial charge on any atom is -0.263 e. The Hall–Kier alpha value is -0.920. The second kappa shape index (κ2) is 5.83. The summed E-state index contributed by atoms with van der Waals surface area (Å²) in [5.41, 5.74) is 1.88. The third kappa shape index (κ3) is 3.39. The van der Waals surface area contributed by atoms with E-state index in [-0.39, 0.29) is 4.90 Å². The zero-order valence-corrected chi connectivity index (χ0v) is 14.8. The Bertz CT molecular complexity index is 761. The SMILES string of the molecule is Cc1ccnc(NS(=O)(=O)c2cc(Br)c(C)cc2Br)c1. The summed E-state index contributed by atoms with van der Waals surface area (Å²) in [4.78, 5) is 4.17. The van der Waals surface area contributed by atoms with E-state index in [1.807, 2.05) is 13.8 Å². The van der Waals surface area contributed by atoms with E-state index in [1.54, 1.807) is 30.5 Å². The number of rotatable bonds is 3. The van der Waals surface area contributed by atoms with E-state index < -0.39 is 10.0 Å². The Labute approximate surface area is 134 Å². The molecule has 0 aliphatic carbocycles. The number of pyridine rings is 1. The minimum atomic E-state index is -3.69. The molecule has 1 aromatic heterocycles. The highest BCUT2D eigenvalue weighted by molar-refractivity contribution is 9.11. The molecule has 0 atom stereocenters. The molecule has 2 rings (SSSR count). The quantitative estimate of drug-likeness (QED) is 0.816. The zero-order chi connectivity index (χ0) is 14.9. The van der Waals surface area contributed by atoms with Crippen molar-refractivity contribution in [2.45, 2.75) is 18.7 Å². The first kappa shape index (κ1) is 15.5. The Balaban J connectivity index is 2.43. The lowest BCUT2D eigenvalue weighted by Crippen LogP contribution is -2.14. The van der Waals surface area contributed by atoms with Crippen LogP contribution in [-0.2, 0) is 10.0 Å². The van der Waals surface area contributed by atoms with Crippen LogP contribution in [0.1, 0.15) is 11.1 Å². The summed E-state index contributed by atoms with van der Waals surface area (Å²) in [6.07, 6.45) is 1.56. The third-order valence-corrected chi connectivity index (χ3v) is 5.82. The predicted molar refractivity (Wildman–Crippen MR) is 86.4 cm³/mol. The van der Waals surface area contributed by atoms with Crippen LogP contribution in [0.3, 0.4) is 0 Å². The first-order valence-electron chi connectivity index (χ1n) is 5.71. The van der Waals surface area contributed by atoms with Crippen molar-refractivity contribution in [2.24, 2.45) is 0 Å². The molecule has 0 saturated carbocycles. The van der Waals surface area contributed by atoms with Gasteiger partial charge in [0, 0.05) is 15.1 Å². The molecule has 4 nitrogen and oxygen atoms in total. The molecule has 1 N–H and O–H groups in total. The van der Waals surface area contributed by atoms with Gasteiger partial charge in [0.1, 0.15) is 10.7 Å². The molecule has 0 unspecified atom stereocenters. The lowest BCUT2D eigenvalue weighted by Gasteiger charge is -2.11. The van der Waals surface area contributed by atoms with Gasteiger partial charge < -0.3 is 0 Å². The van der Waals surface area contributed by atoms with E-state index in [0.29, 0.717) is 10.3 Å². The first-order valence-corrected chi connectivity index (χ1v) is 8.77. The molecule has 0 aliphatic heterocycles. The van der Waals surface area contributed by atoms with E-state index in [9.17, 15) is 8.42 Å². The van der Waals surface area contributed by atoms with Crippen molar-refractivity contribution in [3.63, 3.8) is 0 Å². The van der Waals surface area contributed by atoms with Gasteiger partial charge in [0.2, 0.25) is 0 Å². The van der Waals surface area contributed by atoms with Crippen LogP contribution in [0.2, 0.25) is 0 Å². The third-order valence-electron chi connectivity index (χ3n) is 2.66. The predicted octanol–water partition coefficient (Wildman–Crippen LogP) is 4.02. The van der Waals surface area contributed by atoms with Crippen molar-refractivity contribution in [3.05, 3.63) is 50.5 Å². The van der Waals surface area contributed by atoms with Crippen LogP contribution >= 0.6 is 31.9 Å². The summed E-state index contributed by atoms with van der Waals surface area (Å²) in [7, 11) is -3.69. The van der Waals surface area contributed by atoms with E-state index >= 15 is 0 Å². The lowest BCUT2D eigenvalue weighted by atomic mass is 10.2. The number of hydrogen-bond donors (Lipinski definition) is 1. The average molecular weight is 420 g/mol. The van der Waals surface area contributed by atoms with E-state index in [4.69, 9.17) is 0 Å². The number of aryl methyl sites for hydroxylation is 2. The maximum absolute atomic E-state index is 12.4. The van der Waals surface area contributed by atoms with Crippen molar-refractivity contribution in [2.75, 3.05) is 4.72 Å². The molecule has 1 aromatic carbocycles. The topological polar surface area (TPSA) is 59.1 Å². The Morgan fingerprint density at radius 2 is 1.80 bits per heavy atom. The number of aromatic nitrogens is 1. The number of sulfonamides is 1. The molecule has 0 amide bonds. The summed E-state index contributed by atoms with van der Waals surface area (Å²) in [6, 6.07) is 6.80. The molecule has 2 aromatic rings. The zero-order valence-electron chi connectivity index (χ0n) is 10.8. The maximum Gasteiger partial charge on any atom is 0.264 e. The van der Waals surface area contributed by atoms with Gasteiger partial charge in [-0.3, -0.25) is 4.72 Å². The van der Waals surface area contributed by atoms with Crippen LogP contribution in [0.4, 0.5) is 5.82 Å². The number of benzene rings is 1. The van der Waals surface area contributed by atoms with Gasteiger partial charge in [-0.05, 0) is 65.2 Å². The number of nitrogens with zero attached hydrogens (tertiary/aromatic N) is 1. The fourth-order valence-corrected chi connectivity index (χ4v) is 4.30. The van der Waals surface area contributed by atoms with Crippen LogP contribution in [0, 0.1) is 13.8 Å². The van der Waals surface area contributed by atoms with Crippen LogP contribution in [0.25, 0.3) is 0 Å². The Morgan fingerprint density at radius 3 is 2.45 bits per heavy atom. The maximum atomic E-state index is 12.4. The minimum absolute atomic E-state index is 0.165. The molecule has 0 aliphatic rings. The lowest BCUT2D eigenvalue weighted by molar-refractivity contribution is 0.600. The summed E-state index contributed by atoms with van der Waals surface area (Å²) < 4.78 is 28.5. The number of halogens is 2. The monoisotopic (exact) mass is 418 g/mol. The molecule has 0 radical (unpaired) electrons. The summed E-state index contributed by atoms with van der Waals surface area (Å²) in [5, 5.41) is 0. The largest absolute Gasteiger partial charge is 0.264 e. The van der Waals surface area contributed by atoms with E-state index in [2.05, 4.69) is 41.6 Å². The van der Waals surface area contributed by atoms with Gasteiger partial charge in [0.05, 0.1) is 0 Å². The molecule has 0 spiro atoms. The molecular weight excluding hydrogens is 408 g/mol. The Kier molecular flexibility index (Phi) is 4.51. The van der Waals surface area contributed by atoms with E-state index in [1.165, 1.54) is 0 Å². The molecular formula is C13H12Br2N2O2S. The highest BCUT2D eigenvalue weighted by Crippen LogP contribution is 2.29. The average Bonchev–Trinajstić information content (AvgIpc) is 2.33. The molecule has 20 heavy (non-hydrogen) atoms. The van der Waals surface area contributed by atoms with Crippen LogP contribution < -0.4 is 4.72 Å². The number of hydrogen-bond acceptors (Lipinski definition) is 3. The van der Waals surface area contributed by atoms with Crippen molar-refractivity contribution in [3.8, 4) is 0 Å². The molecule has 1 heterocycles. The van der Waals surface area contributed by atoms with Gasteiger partial charge in [0.25, 0.3) is 10.0 Å². The van der Waals surface area contributed by atoms with Gasteiger partial charge in [-0.15, -0.1) is 0 Å². The van der Waals surface area contributed by atoms with Crippen LogP contribution in [-0.4, -0.2) is 13.4 Å². The summed E-state index contributed by atoms with van der Waals surface area (Å²) >= 11 is 6.63. The first-order chi connectivity index (χ1) is 9.29. The smallest absolute Gasteiger partial charge is 0.263 e. The molecule has 0 fully saturated rings. The highest BCUT2D eigenvalue weighted by Gasteiger charge is 2.19. The van der Waals surface area contributed by atoms with Crippen LogP contribution in [0.15, 0.2) is 44.3 Å². The van der Waals surface area contributed by atoms with Crippen molar-refractivity contribution >= 4 is 47.7 Å².